The van der Waals surface area contributed by atoms with E-state index in [2.05, 4.69) is 38.9 Å². The molecule has 1 aromatic carbocycles. The minimum atomic E-state index is 0.0195. The van der Waals surface area contributed by atoms with E-state index >= 15 is 0 Å². The van der Waals surface area contributed by atoms with Gasteiger partial charge in [-0.2, -0.15) is 5.26 Å². The Morgan fingerprint density at radius 1 is 1.21 bits per heavy atom. The van der Waals surface area contributed by atoms with Crippen molar-refractivity contribution in [3.63, 3.8) is 0 Å². The topological polar surface area (TPSA) is 94.9 Å². The highest BCUT2D eigenvalue weighted by atomic mass is 16.5. The van der Waals surface area contributed by atoms with Crippen LogP contribution < -0.4 is 20.7 Å². The van der Waals surface area contributed by atoms with Gasteiger partial charge in [-0.25, -0.2) is 9.97 Å². The molecule has 0 aliphatic carbocycles. The molecule has 3 heterocycles. The van der Waals surface area contributed by atoms with Gasteiger partial charge in [0.15, 0.2) is 0 Å². The lowest BCUT2D eigenvalue weighted by molar-refractivity contribution is 0.193. The number of anilines is 1. The minimum Gasteiger partial charge on any atom is -0.470 e. The summed E-state index contributed by atoms with van der Waals surface area (Å²) >= 11 is 0. The summed E-state index contributed by atoms with van der Waals surface area (Å²) in [6, 6.07) is 19.8. The van der Waals surface area contributed by atoms with Gasteiger partial charge in [-0.15, -0.1) is 0 Å². The number of allylic oxidation sites excluding steroid dienone is 1. The first-order valence-electron chi connectivity index (χ1n) is 11.4. The van der Waals surface area contributed by atoms with Crippen LogP contribution in [-0.2, 0) is 0 Å². The Hall–Kier alpha value is -3.89. The number of hydrogen-bond acceptors (Lipinski definition) is 7. The number of benzene rings is 1. The van der Waals surface area contributed by atoms with E-state index in [0.29, 0.717) is 17.5 Å². The van der Waals surface area contributed by atoms with Gasteiger partial charge in [-0.3, -0.25) is 0 Å². The van der Waals surface area contributed by atoms with E-state index in [9.17, 15) is 0 Å². The van der Waals surface area contributed by atoms with E-state index in [1.54, 1.807) is 12.3 Å². The summed E-state index contributed by atoms with van der Waals surface area (Å²) in [4.78, 5) is 8.60. The van der Waals surface area contributed by atoms with Gasteiger partial charge in [0.2, 0.25) is 5.88 Å². The minimum absolute atomic E-state index is 0.0195. The number of fused-ring (bicyclic) bond motifs is 1. The molecular weight excluding hydrogens is 424 g/mol. The highest BCUT2D eigenvalue weighted by Crippen LogP contribution is 2.29. The standard InChI is InChI=1S/C21H26N6O.C6H6/c1-14(8-23-3)17-6-20-21(27-11-17)28-19(13-26-20)12-24-9-15(2)16-4-5-18(7-22)25-10-16;1-2-4-6-5-3-1/h4-6,8,10-11,15,19,23-24,26H,9,12-13H2,1-3H3;1-6H/b14-8+;. The van der Waals surface area contributed by atoms with Crippen molar-refractivity contribution in [3.8, 4) is 11.9 Å². The number of aromatic nitrogens is 2. The van der Waals surface area contributed by atoms with Gasteiger partial charge >= 0.3 is 0 Å². The maximum atomic E-state index is 8.83. The molecule has 0 fully saturated rings. The Morgan fingerprint density at radius 2 is 1.94 bits per heavy atom. The highest BCUT2D eigenvalue weighted by Gasteiger charge is 2.21. The fourth-order valence-electron chi connectivity index (χ4n) is 3.45. The number of hydrogen-bond donors (Lipinski definition) is 3. The first-order chi connectivity index (χ1) is 16.6. The van der Waals surface area contributed by atoms with Crippen molar-refractivity contribution in [2.75, 3.05) is 32.0 Å². The molecule has 2 unspecified atom stereocenters. The Kier molecular flexibility index (Phi) is 9.44. The largest absolute Gasteiger partial charge is 0.470 e. The summed E-state index contributed by atoms with van der Waals surface area (Å²) in [6.07, 6.45) is 5.57. The zero-order valence-corrected chi connectivity index (χ0v) is 20.0. The number of rotatable bonds is 7. The number of pyridine rings is 2. The number of nitrogens with one attached hydrogen (secondary N) is 3. The van der Waals surface area contributed by atoms with Crippen molar-refractivity contribution in [1.82, 2.24) is 20.6 Å². The van der Waals surface area contributed by atoms with Crippen LogP contribution in [0.15, 0.2) is 73.2 Å². The predicted molar refractivity (Wildman–Crippen MR) is 137 cm³/mol. The lowest BCUT2D eigenvalue weighted by Gasteiger charge is -2.27. The van der Waals surface area contributed by atoms with E-state index in [-0.39, 0.29) is 6.10 Å². The fraction of sp³-hybridized carbons (Fsp3) is 0.296. The molecule has 2 atom stereocenters. The maximum absolute atomic E-state index is 8.83. The summed E-state index contributed by atoms with van der Waals surface area (Å²) < 4.78 is 6.02. The molecule has 4 rings (SSSR count). The average Bonchev–Trinajstić information content (AvgIpc) is 2.90. The SMILES string of the molecule is CN/C=C(\C)c1cnc2c(c1)NCC(CNCC(C)c1ccc(C#N)nc1)O2.c1ccccc1. The van der Waals surface area contributed by atoms with Crippen molar-refractivity contribution in [2.24, 2.45) is 0 Å². The van der Waals surface area contributed by atoms with Crippen LogP contribution in [0.1, 0.15) is 36.6 Å². The van der Waals surface area contributed by atoms with Crippen LogP contribution in [0, 0.1) is 11.3 Å². The first kappa shape index (κ1) is 24.7. The van der Waals surface area contributed by atoms with Crippen LogP contribution in [0.3, 0.4) is 0 Å². The van der Waals surface area contributed by atoms with Gasteiger partial charge in [0.25, 0.3) is 0 Å². The van der Waals surface area contributed by atoms with Gasteiger partial charge in [0.05, 0.1) is 12.2 Å². The van der Waals surface area contributed by atoms with E-state index in [1.165, 1.54) is 0 Å². The second-order valence-corrected chi connectivity index (χ2v) is 8.12. The molecule has 0 saturated carbocycles. The molecule has 0 spiro atoms. The van der Waals surface area contributed by atoms with Crippen molar-refractivity contribution in [1.29, 1.82) is 5.26 Å². The third-order valence-corrected chi connectivity index (χ3v) is 5.42. The molecule has 176 valence electrons. The van der Waals surface area contributed by atoms with Crippen LogP contribution in [0.25, 0.3) is 5.57 Å². The molecule has 0 saturated heterocycles. The normalized spacial score (nSPS) is 15.4. The van der Waals surface area contributed by atoms with Crippen LogP contribution in [0.4, 0.5) is 5.69 Å². The zero-order valence-electron chi connectivity index (χ0n) is 20.0. The predicted octanol–water partition coefficient (Wildman–Crippen LogP) is 4.18. The first-order valence-corrected chi connectivity index (χ1v) is 11.4. The monoisotopic (exact) mass is 456 g/mol. The Balaban J connectivity index is 0.000000469. The third-order valence-electron chi connectivity index (χ3n) is 5.42. The molecule has 34 heavy (non-hydrogen) atoms. The molecule has 1 aliphatic rings. The average molecular weight is 457 g/mol. The molecule has 0 amide bonds. The molecule has 2 aromatic heterocycles. The summed E-state index contributed by atoms with van der Waals surface area (Å²) in [7, 11) is 1.88. The Bertz CT molecular complexity index is 1070. The smallest absolute Gasteiger partial charge is 0.237 e. The highest BCUT2D eigenvalue weighted by molar-refractivity contribution is 5.68. The molecule has 3 aromatic rings. The molecule has 7 nitrogen and oxygen atoms in total. The molecule has 1 aliphatic heterocycles. The number of ether oxygens (including phenoxy) is 1. The lowest BCUT2D eigenvalue weighted by Crippen LogP contribution is -2.40. The van der Waals surface area contributed by atoms with Crippen LogP contribution in [0.2, 0.25) is 0 Å². The van der Waals surface area contributed by atoms with Crippen molar-refractivity contribution >= 4 is 11.3 Å². The third kappa shape index (κ3) is 7.32. The summed E-state index contributed by atoms with van der Waals surface area (Å²) in [5.74, 6) is 0.940. The van der Waals surface area contributed by atoms with E-state index in [0.717, 1.165) is 42.0 Å². The molecule has 7 heteroatoms. The summed E-state index contributed by atoms with van der Waals surface area (Å²) in [5, 5.41) is 18.7. The van der Waals surface area contributed by atoms with Gasteiger partial charge < -0.3 is 20.7 Å². The Morgan fingerprint density at radius 3 is 2.56 bits per heavy atom. The summed E-state index contributed by atoms with van der Waals surface area (Å²) in [5.41, 5.74) is 4.66. The second kappa shape index (κ2) is 13.0. The second-order valence-electron chi connectivity index (χ2n) is 8.12. The van der Waals surface area contributed by atoms with Crippen molar-refractivity contribution < 1.29 is 4.74 Å². The maximum Gasteiger partial charge on any atom is 0.237 e. The van der Waals surface area contributed by atoms with Gasteiger partial charge in [-0.05, 0) is 47.9 Å². The molecule has 0 radical (unpaired) electrons. The van der Waals surface area contributed by atoms with Gasteiger partial charge in [0.1, 0.15) is 17.9 Å². The van der Waals surface area contributed by atoms with Gasteiger partial charge in [-0.1, -0.05) is 49.4 Å². The van der Waals surface area contributed by atoms with Crippen LogP contribution in [-0.4, -0.2) is 42.8 Å². The van der Waals surface area contributed by atoms with Crippen LogP contribution >= 0.6 is 0 Å². The van der Waals surface area contributed by atoms with E-state index in [1.807, 2.05) is 74.9 Å². The zero-order chi connectivity index (χ0) is 24.2. The lowest BCUT2D eigenvalue weighted by atomic mass is 10.0. The quantitative estimate of drug-likeness (QED) is 0.491. The fourth-order valence-corrected chi connectivity index (χ4v) is 3.45. The number of nitrogens with zero attached hydrogens (tertiary/aromatic N) is 3. The van der Waals surface area contributed by atoms with Crippen LogP contribution in [0.5, 0.6) is 5.88 Å². The Labute approximate surface area is 201 Å². The molecular formula is C27H32N6O. The van der Waals surface area contributed by atoms with Crippen molar-refractivity contribution in [3.05, 3.63) is 90.0 Å². The number of nitriles is 1. The van der Waals surface area contributed by atoms with Crippen molar-refractivity contribution in [2.45, 2.75) is 25.9 Å². The molecule has 3 N–H and O–H groups in total. The summed E-state index contributed by atoms with van der Waals surface area (Å²) in [6.45, 7) is 6.44. The molecule has 0 bridgehead atoms. The van der Waals surface area contributed by atoms with E-state index < -0.39 is 0 Å². The van der Waals surface area contributed by atoms with E-state index in [4.69, 9.17) is 10.00 Å². The van der Waals surface area contributed by atoms with Gasteiger partial charge in [0, 0.05) is 32.5 Å².